The molecule has 2 aromatic carbocycles. The van der Waals surface area contributed by atoms with E-state index in [2.05, 4.69) is 15.3 Å². The predicted octanol–water partition coefficient (Wildman–Crippen LogP) is 3.26. The summed E-state index contributed by atoms with van der Waals surface area (Å²) < 4.78 is 14.6. The number of nitrogens with zero attached hydrogens (tertiary/aromatic N) is 3. The molecule has 0 saturated carbocycles. The van der Waals surface area contributed by atoms with Gasteiger partial charge in [0.15, 0.2) is 0 Å². The average Bonchev–Trinajstić information content (AvgIpc) is 3.05. The van der Waals surface area contributed by atoms with Crippen molar-refractivity contribution in [2.24, 2.45) is 7.05 Å². The Kier molecular flexibility index (Phi) is 5.66. The fourth-order valence-corrected chi connectivity index (χ4v) is 3.00. The van der Waals surface area contributed by atoms with Crippen molar-refractivity contribution < 1.29 is 9.18 Å². The van der Waals surface area contributed by atoms with Gasteiger partial charge in [-0.3, -0.25) is 9.48 Å². The maximum atomic E-state index is 13.1. The number of hydrogen-bond donors (Lipinski definition) is 1. The number of benzene rings is 2. The lowest BCUT2D eigenvalue weighted by atomic mass is 10.1. The molecule has 0 aliphatic heterocycles. The van der Waals surface area contributed by atoms with Crippen LogP contribution in [0.15, 0.2) is 60.7 Å². The van der Waals surface area contributed by atoms with Gasteiger partial charge in [0.25, 0.3) is 5.91 Å². The predicted molar refractivity (Wildman–Crippen MR) is 104 cm³/mol. The quantitative estimate of drug-likeness (QED) is 0.729. The van der Waals surface area contributed by atoms with E-state index in [4.69, 9.17) is 0 Å². The van der Waals surface area contributed by atoms with Crippen LogP contribution in [0.1, 0.15) is 22.1 Å². The molecule has 140 valence electrons. The van der Waals surface area contributed by atoms with E-state index in [-0.39, 0.29) is 17.8 Å². The van der Waals surface area contributed by atoms with Crippen molar-refractivity contribution in [2.45, 2.75) is 6.04 Å². The van der Waals surface area contributed by atoms with Gasteiger partial charge < -0.3 is 10.2 Å². The van der Waals surface area contributed by atoms with Crippen molar-refractivity contribution in [1.29, 1.82) is 0 Å². The maximum Gasteiger partial charge on any atom is 0.269 e. The first-order chi connectivity index (χ1) is 13.0. The van der Waals surface area contributed by atoms with Crippen molar-refractivity contribution in [2.75, 3.05) is 20.6 Å². The van der Waals surface area contributed by atoms with Crippen molar-refractivity contribution >= 4 is 5.91 Å². The summed E-state index contributed by atoms with van der Waals surface area (Å²) in [4.78, 5) is 14.7. The lowest BCUT2D eigenvalue weighted by molar-refractivity contribution is 0.0932. The number of likely N-dealkylation sites (N-methyl/N-ethyl adjacent to an activating group) is 1. The van der Waals surface area contributed by atoms with Crippen LogP contribution in [-0.2, 0) is 7.05 Å². The standard InChI is InChI=1S/C21H23FN4O/c1-25(2)20(16-7-5-4-6-8-16)14-23-21(27)19-13-18(24-26(19)3)15-9-11-17(22)12-10-15/h4-13,20H,14H2,1-3H3,(H,23,27)/t20-/m1/s1. The molecule has 1 heterocycles. The molecule has 0 aliphatic rings. The molecule has 0 spiro atoms. The minimum Gasteiger partial charge on any atom is -0.349 e. The number of aromatic nitrogens is 2. The van der Waals surface area contributed by atoms with Crippen LogP contribution in [0.4, 0.5) is 4.39 Å². The van der Waals surface area contributed by atoms with Crippen LogP contribution in [0.5, 0.6) is 0 Å². The Hall–Kier alpha value is -2.99. The topological polar surface area (TPSA) is 50.2 Å². The third-order valence-electron chi connectivity index (χ3n) is 4.52. The summed E-state index contributed by atoms with van der Waals surface area (Å²) in [6, 6.07) is 17.9. The molecule has 3 aromatic rings. The maximum absolute atomic E-state index is 13.1. The lowest BCUT2D eigenvalue weighted by Gasteiger charge is -2.25. The van der Waals surface area contributed by atoms with Gasteiger partial charge in [-0.1, -0.05) is 30.3 Å². The number of hydrogen-bond acceptors (Lipinski definition) is 3. The fourth-order valence-electron chi connectivity index (χ4n) is 3.00. The van der Waals surface area contributed by atoms with Crippen LogP contribution in [0.3, 0.4) is 0 Å². The summed E-state index contributed by atoms with van der Waals surface area (Å²) in [5, 5.41) is 7.37. The minimum atomic E-state index is -0.303. The van der Waals surface area contributed by atoms with E-state index in [1.54, 1.807) is 29.9 Å². The van der Waals surface area contributed by atoms with E-state index in [0.29, 0.717) is 17.9 Å². The Balaban J connectivity index is 1.73. The molecule has 27 heavy (non-hydrogen) atoms. The normalized spacial score (nSPS) is 12.2. The number of aryl methyl sites for hydroxylation is 1. The van der Waals surface area contributed by atoms with Crippen LogP contribution < -0.4 is 5.32 Å². The second-order valence-corrected chi connectivity index (χ2v) is 6.65. The van der Waals surface area contributed by atoms with Crippen LogP contribution >= 0.6 is 0 Å². The van der Waals surface area contributed by atoms with E-state index in [0.717, 1.165) is 11.1 Å². The molecule has 0 saturated heterocycles. The zero-order valence-corrected chi connectivity index (χ0v) is 15.7. The van der Waals surface area contributed by atoms with Gasteiger partial charge in [-0.25, -0.2) is 4.39 Å². The van der Waals surface area contributed by atoms with Crippen molar-refractivity contribution in [3.05, 3.63) is 77.7 Å². The van der Waals surface area contributed by atoms with Gasteiger partial charge >= 0.3 is 0 Å². The first-order valence-corrected chi connectivity index (χ1v) is 8.75. The van der Waals surface area contributed by atoms with Gasteiger partial charge in [0.1, 0.15) is 11.5 Å². The summed E-state index contributed by atoms with van der Waals surface area (Å²) in [6.45, 7) is 0.479. The number of halogens is 1. The third-order valence-corrected chi connectivity index (χ3v) is 4.52. The number of carbonyl (C=O) groups excluding carboxylic acids is 1. The summed E-state index contributed by atoms with van der Waals surface area (Å²) in [7, 11) is 5.70. The van der Waals surface area contributed by atoms with Gasteiger partial charge in [-0.05, 0) is 50.0 Å². The van der Waals surface area contributed by atoms with Gasteiger partial charge in [0.2, 0.25) is 0 Å². The highest BCUT2D eigenvalue weighted by Gasteiger charge is 2.18. The summed E-state index contributed by atoms with van der Waals surface area (Å²) in [5.74, 6) is -0.496. The molecule has 0 bridgehead atoms. The Morgan fingerprint density at radius 1 is 1.15 bits per heavy atom. The SMILES string of the molecule is CN(C)[C@H](CNC(=O)c1cc(-c2ccc(F)cc2)nn1C)c1ccccc1. The molecule has 0 aliphatic carbocycles. The highest BCUT2D eigenvalue weighted by Crippen LogP contribution is 2.20. The Morgan fingerprint density at radius 2 is 1.81 bits per heavy atom. The molecule has 6 heteroatoms. The Labute approximate surface area is 158 Å². The van der Waals surface area contributed by atoms with E-state index in [1.165, 1.54) is 12.1 Å². The van der Waals surface area contributed by atoms with Crippen molar-refractivity contribution in [3.8, 4) is 11.3 Å². The van der Waals surface area contributed by atoms with Crippen LogP contribution in [0, 0.1) is 5.82 Å². The molecular weight excluding hydrogens is 343 g/mol. The van der Waals surface area contributed by atoms with Crippen LogP contribution in [0.25, 0.3) is 11.3 Å². The molecule has 3 rings (SSSR count). The molecule has 5 nitrogen and oxygen atoms in total. The molecule has 0 fully saturated rings. The number of nitrogens with one attached hydrogen (secondary N) is 1. The van der Waals surface area contributed by atoms with E-state index in [9.17, 15) is 9.18 Å². The van der Waals surface area contributed by atoms with Crippen LogP contribution in [0.2, 0.25) is 0 Å². The van der Waals surface area contributed by atoms with Gasteiger partial charge in [-0.2, -0.15) is 5.10 Å². The number of rotatable bonds is 6. The molecule has 0 unspecified atom stereocenters. The fraction of sp³-hybridized carbons (Fsp3) is 0.238. The van der Waals surface area contributed by atoms with Gasteiger partial charge in [-0.15, -0.1) is 0 Å². The summed E-state index contributed by atoms with van der Waals surface area (Å²) in [6.07, 6.45) is 0. The molecule has 1 amide bonds. The van der Waals surface area contributed by atoms with E-state index < -0.39 is 0 Å². The third kappa shape index (κ3) is 4.41. The van der Waals surface area contributed by atoms with E-state index in [1.807, 2.05) is 44.4 Å². The summed E-state index contributed by atoms with van der Waals surface area (Å²) >= 11 is 0. The second-order valence-electron chi connectivity index (χ2n) is 6.65. The van der Waals surface area contributed by atoms with Crippen LogP contribution in [-0.4, -0.2) is 41.2 Å². The molecule has 1 atom stereocenters. The van der Waals surface area contributed by atoms with Gasteiger partial charge in [0.05, 0.1) is 11.7 Å². The largest absolute Gasteiger partial charge is 0.349 e. The lowest BCUT2D eigenvalue weighted by Crippen LogP contribution is -2.35. The number of amides is 1. The first-order valence-electron chi connectivity index (χ1n) is 8.75. The zero-order valence-electron chi connectivity index (χ0n) is 15.7. The molecule has 0 radical (unpaired) electrons. The Bertz CT molecular complexity index is 904. The highest BCUT2D eigenvalue weighted by atomic mass is 19.1. The molecule has 1 aromatic heterocycles. The second kappa shape index (κ2) is 8.14. The molecule has 1 N–H and O–H groups in total. The zero-order chi connectivity index (χ0) is 19.4. The van der Waals surface area contributed by atoms with Crippen molar-refractivity contribution in [3.63, 3.8) is 0 Å². The Morgan fingerprint density at radius 3 is 2.44 bits per heavy atom. The van der Waals surface area contributed by atoms with Crippen molar-refractivity contribution in [1.82, 2.24) is 20.0 Å². The first kappa shape index (κ1) is 18.8. The monoisotopic (exact) mass is 366 g/mol. The highest BCUT2D eigenvalue weighted by molar-refractivity contribution is 5.93. The van der Waals surface area contributed by atoms with Gasteiger partial charge in [0, 0.05) is 19.2 Å². The average molecular weight is 366 g/mol. The number of carbonyl (C=O) groups is 1. The van der Waals surface area contributed by atoms with E-state index >= 15 is 0 Å². The summed E-state index contributed by atoms with van der Waals surface area (Å²) in [5.41, 5.74) is 3.00. The molecular formula is C21H23FN4O. The minimum absolute atomic E-state index is 0.0694. The smallest absolute Gasteiger partial charge is 0.269 e.